The molecule has 2 aliphatic rings. The van der Waals surface area contributed by atoms with Gasteiger partial charge in [0.2, 0.25) is 0 Å². The molecule has 1 amide bonds. The highest BCUT2D eigenvalue weighted by Crippen LogP contribution is 2.26. The summed E-state index contributed by atoms with van der Waals surface area (Å²) in [7, 11) is -3.27. The Morgan fingerprint density at radius 3 is 2.61 bits per heavy atom. The SMILES string of the molecule is C[C@@H]1CCCC[C@H]1OCCS(=O)(=O)Cc1cccc(C(=O)N2CCCCC2)c1. The number of ether oxygens (including phenoxy) is 1. The third kappa shape index (κ3) is 6.05. The van der Waals surface area contributed by atoms with Gasteiger partial charge in [0, 0.05) is 18.7 Å². The minimum Gasteiger partial charge on any atom is -0.377 e. The summed E-state index contributed by atoms with van der Waals surface area (Å²) in [4.78, 5) is 14.5. The molecule has 1 saturated carbocycles. The average molecular weight is 408 g/mol. The predicted octanol–water partition coefficient (Wildman–Crippen LogP) is 3.82. The number of hydrogen-bond acceptors (Lipinski definition) is 4. The van der Waals surface area contributed by atoms with E-state index in [9.17, 15) is 13.2 Å². The van der Waals surface area contributed by atoms with Crippen molar-refractivity contribution in [3.8, 4) is 0 Å². The van der Waals surface area contributed by atoms with Crippen LogP contribution in [0, 0.1) is 5.92 Å². The van der Waals surface area contributed by atoms with Crippen molar-refractivity contribution in [1.29, 1.82) is 0 Å². The average Bonchev–Trinajstić information content (AvgIpc) is 2.69. The van der Waals surface area contributed by atoms with Crippen molar-refractivity contribution >= 4 is 15.7 Å². The Morgan fingerprint density at radius 1 is 1.11 bits per heavy atom. The van der Waals surface area contributed by atoms with Crippen molar-refractivity contribution in [2.24, 2.45) is 5.92 Å². The number of sulfone groups is 1. The van der Waals surface area contributed by atoms with E-state index in [1.165, 1.54) is 19.3 Å². The number of likely N-dealkylation sites (tertiary alicyclic amines) is 1. The quantitative estimate of drug-likeness (QED) is 0.689. The van der Waals surface area contributed by atoms with Gasteiger partial charge in [-0.1, -0.05) is 31.9 Å². The Kier molecular flexibility index (Phi) is 7.52. The van der Waals surface area contributed by atoms with Crippen LogP contribution >= 0.6 is 0 Å². The second-order valence-electron chi connectivity index (χ2n) is 8.32. The van der Waals surface area contributed by atoms with Crippen LogP contribution in [-0.2, 0) is 20.3 Å². The van der Waals surface area contributed by atoms with E-state index >= 15 is 0 Å². The van der Waals surface area contributed by atoms with Gasteiger partial charge in [-0.25, -0.2) is 8.42 Å². The van der Waals surface area contributed by atoms with Crippen molar-refractivity contribution in [2.75, 3.05) is 25.4 Å². The molecule has 1 aliphatic carbocycles. The summed E-state index contributed by atoms with van der Waals surface area (Å²) in [6.07, 6.45) is 8.04. The molecule has 0 radical (unpaired) electrons. The van der Waals surface area contributed by atoms with Crippen LogP contribution in [-0.4, -0.2) is 50.8 Å². The molecule has 28 heavy (non-hydrogen) atoms. The topological polar surface area (TPSA) is 63.7 Å². The van der Waals surface area contributed by atoms with Crippen LogP contribution in [0.5, 0.6) is 0 Å². The molecule has 2 fully saturated rings. The van der Waals surface area contributed by atoms with Crippen molar-refractivity contribution in [3.63, 3.8) is 0 Å². The van der Waals surface area contributed by atoms with E-state index < -0.39 is 9.84 Å². The van der Waals surface area contributed by atoms with Crippen LogP contribution in [0.15, 0.2) is 24.3 Å². The molecule has 0 bridgehead atoms. The molecular formula is C22H33NO4S. The van der Waals surface area contributed by atoms with Crippen LogP contribution in [0.25, 0.3) is 0 Å². The first kappa shape index (κ1) is 21.3. The first-order chi connectivity index (χ1) is 13.4. The maximum Gasteiger partial charge on any atom is 0.253 e. The number of nitrogens with zero attached hydrogens (tertiary/aromatic N) is 1. The molecule has 3 rings (SSSR count). The van der Waals surface area contributed by atoms with Gasteiger partial charge in [-0.15, -0.1) is 0 Å². The van der Waals surface area contributed by atoms with Crippen molar-refractivity contribution in [3.05, 3.63) is 35.4 Å². The van der Waals surface area contributed by atoms with Crippen molar-refractivity contribution in [1.82, 2.24) is 4.90 Å². The van der Waals surface area contributed by atoms with Crippen LogP contribution < -0.4 is 0 Å². The molecule has 1 heterocycles. The maximum atomic E-state index is 12.7. The van der Waals surface area contributed by atoms with E-state index in [0.717, 1.165) is 38.8 Å². The van der Waals surface area contributed by atoms with Gasteiger partial charge in [0.1, 0.15) is 0 Å². The smallest absolute Gasteiger partial charge is 0.253 e. The van der Waals surface area contributed by atoms with Crippen molar-refractivity contribution < 1.29 is 17.9 Å². The van der Waals surface area contributed by atoms with E-state index in [-0.39, 0.29) is 30.1 Å². The zero-order valence-corrected chi connectivity index (χ0v) is 17.8. The monoisotopic (exact) mass is 407 g/mol. The molecule has 0 spiro atoms. The lowest BCUT2D eigenvalue weighted by Crippen LogP contribution is -2.35. The fourth-order valence-corrected chi connectivity index (χ4v) is 5.44. The van der Waals surface area contributed by atoms with Gasteiger partial charge in [-0.05, 0) is 55.7 Å². The minimum absolute atomic E-state index is 0.00793. The number of rotatable bonds is 7. The number of amides is 1. The Hall–Kier alpha value is -1.40. The summed E-state index contributed by atoms with van der Waals surface area (Å²) >= 11 is 0. The minimum atomic E-state index is -3.27. The Balaban J connectivity index is 1.54. The molecule has 0 aromatic heterocycles. The molecule has 1 saturated heterocycles. The predicted molar refractivity (Wildman–Crippen MR) is 111 cm³/mol. The summed E-state index contributed by atoms with van der Waals surface area (Å²) in [6, 6.07) is 7.08. The third-order valence-corrected chi connectivity index (χ3v) is 7.52. The van der Waals surface area contributed by atoms with Crippen LogP contribution in [0.2, 0.25) is 0 Å². The largest absolute Gasteiger partial charge is 0.377 e. The van der Waals surface area contributed by atoms with Gasteiger partial charge in [0.15, 0.2) is 9.84 Å². The fourth-order valence-electron chi connectivity index (χ4n) is 4.26. The molecule has 0 unspecified atom stereocenters. The number of hydrogen-bond donors (Lipinski definition) is 0. The van der Waals surface area contributed by atoms with E-state index in [2.05, 4.69) is 6.92 Å². The van der Waals surface area contributed by atoms with Gasteiger partial charge in [0.05, 0.1) is 24.2 Å². The highest BCUT2D eigenvalue weighted by Gasteiger charge is 2.23. The first-order valence-electron chi connectivity index (χ1n) is 10.6. The lowest BCUT2D eigenvalue weighted by molar-refractivity contribution is 0.00301. The van der Waals surface area contributed by atoms with E-state index in [0.29, 0.717) is 17.0 Å². The van der Waals surface area contributed by atoms with Gasteiger partial charge in [-0.3, -0.25) is 4.79 Å². The first-order valence-corrected chi connectivity index (χ1v) is 12.5. The van der Waals surface area contributed by atoms with Crippen LogP contribution in [0.1, 0.15) is 67.8 Å². The van der Waals surface area contributed by atoms with Crippen LogP contribution in [0.4, 0.5) is 0 Å². The normalized spacial score (nSPS) is 23.5. The second-order valence-corrected chi connectivity index (χ2v) is 10.5. The van der Waals surface area contributed by atoms with Gasteiger partial charge in [0.25, 0.3) is 5.91 Å². The maximum absolute atomic E-state index is 12.7. The number of carbonyl (C=O) groups is 1. The lowest BCUT2D eigenvalue weighted by atomic mass is 9.88. The molecular weight excluding hydrogens is 374 g/mol. The third-order valence-electron chi connectivity index (χ3n) is 5.96. The number of benzene rings is 1. The van der Waals surface area contributed by atoms with Gasteiger partial charge in [-0.2, -0.15) is 0 Å². The molecule has 6 heteroatoms. The van der Waals surface area contributed by atoms with Crippen LogP contribution in [0.3, 0.4) is 0 Å². The Morgan fingerprint density at radius 2 is 1.86 bits per heavy atom. The fraction of sp³-hybridized carbons (Fsp3) is 0.682. The number of carbonyl (C=O) groups excluding carboxylic acids is 1. The van der Waals surface area contributed by atoms with E-state index in [1.807, 2.05) is 4.90 Å². The molecule has 0 N–H and O–H groups in total. The van der Waals surface area contributed by atoms with Gasteiger partial charge < -0.3 is 9.64 Å². The number of piperidine rings is 1. The highest BCUT2D eigenvalue weighted by molar-refractivity contribution is 7.90. The summed E-state index contributed by atoms with van der Waals surface area (Å²) in [6.45, 7) is 4.02. The molecule has 156 valence electrons. The molecule has 1 aliphatic heterocycles. The zero-order chi connectivity index (χ0) is 20.0. The standard InChI is InChI=1S/C22H33NO4S/c1-18-8-3-4-11-21(18)27-14-15-28(25,26)17-19-9-7-10-20(16-19)22(24)23-12-5-2-6-13-23/h7,9-10,16,18,21H,2-6,8,11-15,17H2,1H3/t18-,21-/m1/s1. The molecule has 1 aromatic carbocycles. The second kappa shape index (κ2) is 9.88. The van der Waals surface area contributed by atoms with Crippen molar-refractivity contribution in [2.45, 2.75) is 63.7 Å². The molecule has 5 nitrogen and oxygen atoms in total. The highest BCUT2D eigenvalue weighted by atomic mass is 32.2. The summed E-state index contributed by atoms with van der Waals surface area (Å²) in [5.41, 5.74) is 1.26. The van der Waals surface area contributed by atoms with Gasteiger partial charge >= 0.3 is 0 Å². The molecule has 1 aromatic rings. The zero-order valence-electron chi connectivity index (χ0n) is 16.9. The summed E-state index contributed by atoms with van der Waals surface area (Å²) in [5.74, 6) is 0.501. The Bertz CT molecular complexity index is 756. The summed E-state index contributed by atoms with van der Waals surface area (Å²) in [5, 5.41) is 0. The summed E-state index contributed by atoms with van der Waals surface area (Å²) < 4.78 is 30.9. The van der Waals surface area contributed by atoms with E-state index in [4.69, 9.17) is 4.74 Å². The Labute approximate surface area is 169 Å². The van der Waals surface area contributed by atoms with E-state index in [1.54, 1.807) is 24.3 Å². The lowest BCUT2D eigenvalue weighted by Gasteiger charge is -2.28. The molecule has 2 atom stereocenters.